The number of nitrogens with one attached hydrogen (secondary N) is 2. The van der Waals surface area contributed by atoms with Crippen LogP contribution in [0.15, 0.2) is 12.2 Å². The molecule has 0 aromatic heterocycles. The fourth-order valence-electron chi connectivity index (χ4n) is 11.6. The van der Waals surface area contributed by atoms with Crippen molar-refractivity contribution in [3.8, 4) is 0 Å². The lowest BCUT2D eigenvalue weighted by atomic mass is 9.94. The number of aliphatic hydroxyl groups is 4. The van der Waals surface area contributed by atoms with E-state index in [2.05, 4.69) is 55.2 Å². The predicted molar refractivity (Wildman–Crippen MR) is 348 cm³/mol. The summed E-state index contributed by atoms with van der Waals surface area (Å²) in [6.45, 7) is 8.25. The number of hydrogen-bond acceptors (Lipinski definition) is 17. The highest BCUT2D eigenvalue weighted by Crippen LogP contribution is 2.41. The van der Waals surface area contributed by atoms with Crippen molar-refractivity contribution in [2.75, 3.05) is 33.5 Å². The summed E-state index contributed by atoms with van der Waals surface area (Å²) in [5.41, 5.74) is 0. The molecule has 2 aliphatic rings. The molecule has 3 unspecified atom stereocenters. The average Bonchev–Trinajstić information content (AvgIpc) is 1.02. The molecule has 89 heavy (non-hydrogen) atoms. The van der Waals surface area contributed by atoms with Crippen molar-refractivity contribution in [3.63, 3.8) is 0 Å². The molecule has 2 rings (SSSR count). The third-order valence-corrected chi connectivity index (χ3v) is 17.4. The van der Waals surface area contributed by atoms with E-state index in [-0.39, 0.29) is 51.1 Å². The van der Waals surface area contributed by atoms with Gasteiger partial charge in [-0.3, -0.25) is 14.1 Å². The summed E-state index contributed by atoms with van der Waals surface area (Å²) < 4.78 is 67.3. The summed E-state index contributed by atoms with van der Waals surface area (Å²) in [6.07, 6.45) is 32.4. The van der Waals surface area contributed by atoms with E-state index in [9.17, 15) is 44.4 Å². The van der Waals surface area contributed by atoms with Gasteiger partial charge in [0.1, 0.15) is 42.6 Å². The minimum atomic E-state index is -5.32. The number of allylic oxidation sites excluding steroid dienone is 2. The maximum absolute atomic E-state index is 13.9. The first kappa shape index (κ1) is 85.4. The molecular formula is C66H128N2O19P2. The lowest BCUT2D eigenvalue weighted by molar-refractivity contribution is -0.300. The first-order valence-corrected chi connectivity index (χ1v) is 37.3. The Morgan fingerprint density at radius 2 is 0.989 bits per heavy atom. The second kappa shape index (κ2) is 57.8. The van der Waals surface area contributed by atoms with Gasteiger partial charge in [0.05, 0.1) is 31.3 Å². The topological polar surface area (TPSA) is 308 Å². The van der Waals surface area contributed by atoms with Crippen molar-refractivity contribution in [2.45, 2.75) is 364 Å². The maximum Gasteiger partial charge on any atom is 0.472 e. The Morgan fingerprint density at radius 1 is 0.562 bits per heavy atom. The van der Waals surface area contributed by atoms with Crippen LogP contribution in [0, 0.1) is 0 Å². The molecule has 0 saturated carbocycles. The molecule has 0 spiro atoms. The minimum Gasteiger partial charge on any atom is -0.396 e. The van der Waals surface area contributed by atoms with E-state index in [1.165, 1.54) is 89.9 Å². The molecule has 9 N–H and O–H groups in total. The summed E-state index contributed by atoms with van der Waals surface area (Å²) in [7, 11) is -4.34. The van der Waals surface area contributed by atoms with E-state index in [4.69, 9.17) is 42.8 Å². The first-order valence-electron chi connectivity index (χ1n) is 35.1. The van der Waals surface area contributed by atoms with Crippen LogP contribution in [0.3, 0.4) is 0 Å². The highest BCUT2D eigenvalue weighted by atomic mass is 31.2. The summed E-state index contributed by atoms with van der Waals surface area (Å²) in [5, 5.41) is 58.0. The Balaban J connectivity index is 0.00000958. The van der Waals surface area contributed by atoms with E-state index in [1.807, 2.05) is 0 Å². The monoisotopic (exact) mass is 1310 g/mol. The highest BCUT2D eigenvalue weighted by Gasteiger charge is 2.51. The summed E-state index contributed by atoms with van der Waals surface area (Å²) in [6, 6.07) is -2.52. The van der Waals surface area contributed by atoms with Crippen LogP contribution in [0.5, 0.6) is 0 Å². The van der Waals surface area contributed by atoms with Gasteiger partial charge >= 0.3 is 16.5 Å². The van der Waals surface area contributed by atoms with Gasteiger partial charge in [-0.05, 0) is 64.2 Å². The van der Waals surface area contributed by atoms with Crippen LogP contribution in [0.2, 0.25) is 0 Å². The Labute approximate surface area is 538 Å². The number of ether oxygens (including phenoxy) is 6. The molecule has 0 aromatic carbocycles. The van der Waals surface area contributed by atoms with Gasteiger partial charge in [0, 0.05) is 33.4 Å². The molecule has 0 aliphatic carbocycles. The number of methoxy groups -OCH3 is 1. The van der Waals surface area contributed by atoms with Gasteiger partial charge in [-0.15, -0.1) is 4.67 Å². The van der Waals surface area contributed by atoms with Crippen LogP contribution >= 0.6 is 16.5 Å². The SMILES string of the molecule is CCCCCC/C=C\CCCCCCCCCC(=O)N[C@H]1[C@H](OC[C@H]2OC(OP(=O)(O)O)[C@H](NC(=O)CC(O)CCCCCCCCCCC)[C@@H](OCCCCCCCCCC)[C@@H]2O)O[C@H](CCO)[C@@H](O)[C@@H]1OCCC(CCCCCCC)OC.O=POO. The standard InChI is InChI=1S/C66H127N2O16P.HO3P/c1-6-10-14-18-21-24-25-26-27-28-29-31-33-37-41-45-57(71)67-59-63(80-50-47-54(78-5)44-40-35-17-13-9-4)61(73)55(46-48-69)82-65(59)81-52-56-62(74)64(79-49-42-38-34-23-20-16-12-8-3)60(66(83-56)84-85(75,76)77)68-58(72)51-53(70)43-39-36-32-30-22-19-15-11-7-2;1-3-4-2/h24-25,53-56,59-66,69-70,73-74H,6-23,26-52H2,1-5H3,(H,67,71)(H,68,72)(H2,75,76,77);1H/b25-24-;/t53?,54?,55-,56-,59-,60-,61-,62-,63-,64-,65-,66?;/m1./s1. The number of carbonyl (C=O) groups is 2. The predicted octanol–water partition coefficient (Wildman–Crippen LogP) is 13.7. The van der Waals surface area contributed by atoms with Crippen molar-refractivity contribution in [3.05, 3.63) is 12.2 Å². The zero-order valence-corrected chi connectivity index (χ0v) is 57.6. The van der Waals surface area contributed by atoms with Gasteiger partial charge in [0.15, 0.2) is 12.6 Å². The van der Waals surface area contributed by atoms with E-state index in [0.717, 1.165) is 128 Å². The van der Waals surface area contributed by atoms with Crippen molar-refractivity contribution in [2.24, 2.45) is 0 Å². The largest absolute Gasteiger partial charge is 0.472 e. The Morgan fingerprint density at radius 3 is 1.49 bits per heavy atom. The van der Waals surface area contributed by atoms with Gasteiger partial charge < -0.3 is 69.3 Å². The Kier molecular flexibility index (Phi) is 55.5. The van der Waals surface area contributed by atoms with Crippen molar-refractivity contribution in [1.29, 1.82) is 0 Å². The molecular weight excluding hydrogens is 1190 g/mol. The highest BCUT2D eigenvalue weighted by molar-refractivity contribution is 7.46. The number of amides is 2. The first-order chi connectivity index (χ1) is 43.1. The van der Waals surface area contributed by atoms with Crippen molar-refractivity contribution >= 4 is 28.3 Å². The normalized spacial score (nSPS) is 22.9. The molecule has 2 saturated heterocycles. The molecule has 2 aliphatic heterocycles. The lowest BCUT2D eigenvalue weighted by Gasteiger charge is -2.47. The zero-order valence-electron chi connectivity index (χ0n) is 55.8. The van der Waals surface area contributed by atoms with E-state index in [0.29, 0.717) is 25.7 Å². The lowest BCUT2D eigenvalue weighted by Crippen LogP contribution is -2.67. The smallest absolute Gasteiger partial charge is 0.396 e. The van der Waals surface area contributed by atoms with Crippen molar-refractivity contribution < 1.29 is 91.8 Å². The minimum absolute atomic E-state index is 0.000506. The summed E-state index contributed by atoms with van der Waals surface area (Å²) >= 11 is 0. The van der Waals surface area contributed by atoms with Crippen molar-refractivity contribution in [1.82, 2.24) is 10.6 Å². The number of rotatable bonds is 58. The third-order valence-electron chi connectivity index (χ3n) is 16.9. The molecule has 21 nitrogen and oxygen atoms in total. The van der Waals surface area contributed by atoms with Crippen LogP contribution in [-0.4, -0.2) is 154 Å². The quantitative estimate of drug-likeness (QED) is 0.00898. The average molecular weight is 1320 g/mol. The van der Waals surface area contributed by atoms with E-state index >= 15 is 0 Å². The molecule has 23 heteroatoms. The second-order valence-electron chi connectivity index (χ2n) is 24.7. The van der Waals surface area contributed by atoms with Crippen LogP contribution < -0.4 is 10.6 Å². The molecule has 2 fully saturated rings. The number of aliphatic hydroxyl groups excluding tert-OH is 4. The van der Waals surface area contributed by atoms with Gasteiger partial charge in [0.25, 0.3) is 0 Å². The number of unbranched alkanes of at least 4 members (excludes halogenated alkanes) is 30. The number of phosphoric acid groups is 1. The number of carbonyl (C=O) groups excluding carboxylic acids is 2. The van der Waals surface area contributed by atoms with Crippen LogP contribution in [0.25, 0.3) is 0 Å². The zero-order chi connectivity index (χ0) is 65.6. The molecule has 2 heterocycles. The fraction of sp³-hybridized carbons (Fsp3) is 0.939. The van der Waals surface area contributed by atoms with Crippen LogP contribution in [-0.2, 0) is 56.3 Å². The van der Waals surface area contributed by atoms with Gasteiger partial charge in [-0.25, -0.2) is 14.4 Å². The van der Waals surface area contributed by atoms with Crippen LogP contribution in [0.1, 0.15) is 291 Å². The van der Waals surface area contributed by atoms with Gasteiger partial charge in [-0.2, -0.15) is 0 Å². The molecule has 12 atom stereocenters. The van der Waals surface area contributed by atoms with Gasteiger partial charge in [0.2, 0.25) is 11.8 Å². The maximum atomic E-state index is 13.9. The van der Waals surface area contributed by atoms with Gasteiger partial charge in [-0.1, -0.05) is 226 Å². The molecule has 0 aromatic rings. The Bertz CT molecular complexity index is 1740. The number of hydrogen-bond donors (Lipinski definition) is 9. The summed E-state index contributed by atoms with van der Waals surface area (Å²) in [5.74, 6) is -0.944. The number of phosphoric ester groups is 1. The van der Waals surface area contributed by atoms with E-state index < -0.39 is 96.4 Å². The molecule has 2 amide bonds. The van der Waals surface area contributed by atoms with E-state index in [1.54, 1.807) is 7.11 Å². The molecule has 526 valence electrons. The molecule has 0 bridgehead atoms. The molecule has 0 radical (unpaired) electrons. The second-order valence-corrected chi connectivity index (χ2v) is 26.2. The summed E-state index contributed by atoms with van der Waals surface area (Å²) in [4.78, 5) is 48.1. The third kappa shape index (κ3) is 43.9. The Hall–Kier alpha value is -1.59. The van der Waals surface area contributed by atoms with Crippen LogP contribution in [0.4, 0.5) is 0 Å². The fourth-order valence-corrected chi connectivity index (χ4v) is 12.1.